The number of nitrogens with zero attached hydrogens (tertiary/aromatic N) is 2. The average Bonchev–Trinajstić information content (AvgIpc) is 2.97. The van der Waals surface area contributed by atoms with Gasteiger partial charge in [-0.05, 0) is 25.1 Å². The minimum Gasteiger partial charge on any atom is -0.322 e. The molecule has 1 aliphatic rings. The van der Waals surface area contributed by atoms with Gasteiger partial charge in [-0.2, -0.15) is 5.10 Å². The van der Waals surface area contributed by atoms with Crippen molar-refractivity contribution in [3.63, 3.8) is 0 Å². The fourth-order valence-electron chi connectivity index (χ4n) is 2.90. The standard InChI is InChI=1S/C19H23ClFN5O2/c1-10-7-16(27)24-18(22-10)26-15(9-14(25-26)19(2,3)4)23-17(28)12-6-5-11(21)8-13(12)20/h5-6,8-10,18,22H,7H2,1-4H3,(H,23,28)(H,24,27). The highest BCUT2D eigenvalue weighted by molar-refractivity contribution is 6.34. The number of benzene rings is 1. The molecule has 2 atom stereocenters. The van der Waals surface area contributed by atoms with Gasteiger partial charge in [-0.3, -0.25) is 14.9 Å². The third-order valence-electron chi connectivity index (χ3n) is 4.40. The third-order valence-corrected chi connectivity index (χ3v) is 4.71. The Labute approximate surface area is 167 Å². The molecule has 9 heteroatoms. The number of hydrogen-bond donors (Lipinski definition) is 3. The minimum absolute atomic E-state index is 0.0114. The van der Waals surface area contributed by atoms with E-state index >= 15 is 0 Å². The summed E-state index contributed by atoms with van der Waals surface area (Å²) < 4.78 is 14.8. The van der Waals surface area contributed by atoms with Gasteiger partial charge in [0.25, 0.3) is 5.91 Å². The first-order chi connectivity index (χ1) is 13.0. The maximum atomic E-state index is 13.3. The molecule has 2 unspecified atom stereocenters. The Kier molecular flexibility index (Phi) is 5.45. The summed E-state index contributed by atoms with van der Waals surface area (Å²) in [5.41, 5.74) is 0.604. The van der Waals surface area contributed by atoms with Crippen LogP contribution in [0, 0.1) is 5.82 Å². The summed E-state index contributed by atoms with van der Waals surface area (Å²) in [6, 6.07) is 5.28. The number of nitrogens with one attached hydrogen (secondary N) is 3. The van der Waals surface area contributed by atoms with Gasteiger partial charge in [0.1, 0.15) is 11.6 Å². The van der Waals surface area contributed by atoms with Crippen molar-refractivity contribution in [1.82, 2.24) is 20.4 Å². The van der Waals surface area contributed by atoms with Crippen LogP contribution in [-0.2, 0) is 10.2 Å². The summed E-state index contributed by atoms with van der Waals surface area (Å²) in [6.07, 6.45) is -0.247. The third kappa shape index (κ3) is 4.34. The van der Waals surface area contributed by atoms with Crippen LogP contribution in [0.3, 0.4) is 0 Å². The highest BCUT2D eigenvalue weighted by Crippen LogP contribution is 2.27. The molecule has 0 bridgehead atoms. The molecule has 0 saturated carbocycles. The fraction of sp³-hybridized carbons (Fsp3) is 0.421. The summed E-state index contributed by atoms with van der Waals surface area (Å²) in [7, 11) is 0. The van der Waals surface area contributed by atoms with Crippen LogP contribution >= 0.6 is 11.6 Å². The lowest BCUT2D eigenvalue weighted by molar-refractivity contribution is -0.125. The molecule has 2 aromatic rings. The first-order valence-electron chi connectivity index (χ1n) is 8.96. The zero-order valence-corrected chi connectivity index (χ0v) is 16.9. The summed E-state index contributed by atoms with van der Waals surface area (Å²) in [4.78, 5) is 24.7. The molecule has 3 N–H and O–H groups in total. The number of rotatable bonds is 3. The van der Waals surface area contributed by atoms with E-state index in [2.05, 4.69) is 21.0 Å². The predicted molar refractivity (Wildman–Crippen MR) is 105 cm³/mol. The predicted octanol–water partition coefficient (Wildman–Crippen LogP) is 3.18. The topological polar surface area (TPSA) is 88.1 Å². The maximum absolute atomic E-state index is 13.3. The number of carbonyl (C=O) groups is 2. The van der Waals surface area contributed by atoms with E-state index in [1.54, 1.807) is 6.07 Å². The molecule has 1 aromatic carbocycles. The van der Waals surface area contributed by atoms with Crippen LogP contribution in [0.2, 0.25) is 5.02 Å². The lowest BCUT2D eigenvalue weighted by Crippen LogP contribution is -2.52. The van der Waals surface area contributed by atoms with Crippen LogP contribution in [0.1, 0.15) is 56.5 Å². The molecule has 0 radical (unpaired) electrons. The molecule has 1 fully saturated rings. The van der Waals surface area contributed by atoms with Crippen LogP contribution < -0.4 is 16.0 Å². The Bertz CT molecular complexity index is 922. The number of anilines is 1. The first-order valence-corrected chi connectivity index (χ1v) is 9.34. The largest absolute Gasteiger partial charge is 0.322 e. The molecule has 1 aliphatic heterocycles. The van der Waals surface area contributed by atoms with E-state index in [1.165, 1.54) is 16.8 Å². The quantitative estimate of drug-likeness (QED) is 0.729. The molecule has 1 saturated heterocycles. The summed E-state index contributed by atoms with van der Waals surface area (Å²) in [5.74, 6) is -0.739. The van der Waals surface area contributed by atoms with E-state index in [9.17, 15) is 14.0 Å². The van der Waals surface area contributed by atoms with Crippen molar-refractivity contribution < 1.29 is 14.0 Å². The Morgan fingerprint density at radius 3 is 2.68 bits per heavy atom. The summed E-state index contributed by atoms with van der Waals surface area (Å²) in [6.45, 7) is 7.89. The van der Waals surface area contributed by atoms with Gasteiger partial charge in [-0.25, -0.2) is 9.07 Å². The zero-order valence-electron chi connectivity index (χ0n) is 16.1. The molecule has 1 aromatic heterocycles. The highest BCUT2D eigenvalue weighted by atomic mass is 35.5. The molecule has 0 aliphatic carbocycles. The van der Waals surface area contributed by atoms with E-state index in [-0.39, 0.29) is 28.0 Å². The van der Waals surface area contributed by atoms with E-state index in [4.69, 9.17) is 11.6 Å². The van der Waals surface area contributed by atoms with Crippen LogP contribution in [0.4, 0.5) is 10.2 Å². The van der Waals surface area contributed by atoms with Gasteiger partial charge in [0.15, 0.2) is 6.29 Å². The Morgan fingerprint density at radius 1 is 1.36 bits per heavy atom. The minimum atomic E-state index is -0.605. The van der Waals surface area contributed by atoms with Gasteiger partial charge in [0.2, 0.25) is 5.91 Å². The molecule has 150 valence electrons. The maximum Gasteiger partial charge on any atom is 0.258 e. The number of aromatic nitrogens is 2. The van der Waals surface area contributed by atoms with E-state index in [0.717, 1.165) is 11.8 Å². The second-order valence-corrected chi connectivity index (χ2v) is 8.34. The average molecular weight is 408 g/mol. The van der Waals surface area contributed by atoms with Crippen LogP contribution in [0.15, 0.2) is 24.3 Å². The second-order valence-electron chi connectivity index (χ2n) is 7.93. The van der Waals surface area contributed by atoms with Gasteiger partial charge in [-0.1, -0.05) is 32.4 Å². The van der Waals surface area contributed by atoms with E-state index in [0.29, 0.717) is 12.2 Å². The van der Waals surface area contributed by atoms with Gasteiger partial charge < -0.3 is 10.6 Å². The highest BCUT2D eigenvalue weighted by Gasteiger charge is 2.29. The molecule has 2 amide bonds. The number of amides is 2. The Hall–Kier alpha value is -2.45. The molecule has 7 nitrogen and oxygen atoms in total. The fourth-order valence-corrected chi connectivity index (χ4v) is 3.15. The Morgan fingerprint density at radius 2 is 2.07 bits per heavy atom. The SMILES string of the molecule is CC1CC(=O)NC(n2nc(C(C)(C)C)cc2NC(=O)c2ccc(F)cc2Cl)N1. The van der Waals surface area contributed by atoms with Crippen molar-refractivity contribution in [3.05, 3.63) is 46.4 Å². The van der Waals surface area contributed by atoms with Gasteiger partial charge in [0, 0.05) is 23.9 Å². The van der Waals surface area contributed by atoms with Crippen LogP contribution in [0.5, 0.6) is 0 Å². The molecule has 3 rings (SSSR count). The lowest BCUT2D eigenvalue weighted by Gasteiger charge is -2.30. The smallest absolute Gasteiger partial charge is 0.258 e. The Balaban J connectivity index is 1.95. The molecule has 2 heterocycles. The number of hydrogen-bond acceptors (Lipinski definition) is 4. The van der Waals surface area contributed by atoms with E-state index in [1.807, 2.05) is 27.7 Å². The number of halogens is 2. The van der Waals surface area contributed by atoms with Crippen molar-refractivity contribution in [2.75, 3.05) is 5.32 Å². The molecular weight excluding hydrogens is 385 g/mol. The van der Waals surface area contributed by atoms with Crippen molar-refractivity contribution in [2.45, 2.75) is 51.9 Å². The van der Waals surface area contributed by atoms with Crippen LogP contribution in [0.25, 0.3) is 0 Å². The van der Waals surface area contributed by atoms with Crippen LogP contribution in [-0.4, -0.2) is 27.6 Å². The summed E-state index contributed by atoms with van der Waals surface area (Å²) >= 11 is 6.00. The normalized spacial score (nSPS) is 20.0. The van der Waals surface area contributed by atoms with Gasteiger partial charge in [-0.15, -0.1) is 0 Å². The van der Waals surface area contributed by atoms with E-state index < -0.39 is 18.0 Å². The lowest BCUT2D eigenvalue weighted by atomic mass is 9.92. The molecule has 28 heavy (non-hydrogen) atoms. The van der Waals surface area contributed by atoms with Crippen molar-refractivity contribution in [3.8, 4) is 0 Å². The molecular formula is C19H23ClFN5O2. The molecule has 0 spiro atoms. The van der Waals surface area contributed by atoms with Crippen molar-refractivity contribution in [2.24, 2.45) is 0 Å². The van der Waals surface area contributed by atoms with Crippen molar-refractivity contribution in [1.29, 1.82) is 0 Å². The van der Waals surface area contributed by atoms with Gasteiger partial charge >= 0.3 is 0 Å². The monoisotopic (exact) mass is 407 g/mol. The number of carbonyl (C=O) groups excluding carboxylic acids is 2. The van der Waals surface area contributed by atoms with Crippen molar-refractivity contribution >= 4 is 29.2 Å². The van der Waals surface area contributed by atoms with Gasteiger partial charge in [0.05, 0.1) is 16.3 Å². The first kappa shape index (κ1) is 20.3. The zero-order chi connectivity index (χ0) is 20.6. The summed E-state index contributed by atoms with van der Waals surface area (Å²) in [5, 5.41) is 13.4. The second kappa shape index (κ2) is 7.52.